The minimum absolute atomic E-state index is 0.128. The highest BCUT2D eigenvalue weighted by Gasteiger charge is 2.40. The third-order valence-corrected chi connectivity index (χ3v) is 9.15. The van der Waals surface area contributed by atoms with Gasteiger partial charge in [0.1, 0.15) is 12.6 Å². The number of rotatable bonds is 8. The standard InChI is InChI=1S/C27H36N4O4S/c1-5-29(6-2)36(34,35)22-14-15-23-25(17-22)31(27(33)24-9-7-8-16-30(23)24)18-26(32)28-21-12-10-20(11-13-21)19(3)4/h10-15,17,19,24H,5-9,16,18H2,1-4H3,(H,28,32). The predicted molar refractivity (Wildman–Crippen MR) is 143 cm³/mol. The quantitative estimate of drug-likeness (QED) is 0.573. The molecule has 0 spiro atoms. The van der Waals surface area contributed by atoms with Crippen LogP contribution in [0.3, 0.4) is 0 Å². The number of benzene rings is 2. The first-order valence-corrected chi connectivity index (χ1v) is 14.2. The molecule has 2 aliphatic rings. The van der Waals surface area contributed by atoms with Gasteiger partial charge in [0.05, 0.1) is 16.3 Å². The summed E-state index contributed by atoms with van der Waals surface area (Å²) in [5, 5.41) is 2.89. The van der Waals surface area contributed by atoms with Gasteiger partial charge in [-0.25, -0.2) is 8.42 Å². The van der Waals surface area contributed by atoms with E-state index in [1.807, 2.05) is 24.3 Å². The van der Waals surface area contributed by atoms with Gasteiger partial charge in [0.15, 0.2) is 0 Å². The zero-order valence-electron chi connectivity index (χ0n) is 21.5. The first-order valence-electron chi connectivity index (χ1n) is 12.8. The average Bonchev–Trinajstić information content (AvgIpc) is 2.87. The summed E-state index contributed by atoms with van der Waals surface area (Å²) in [6.07, 6.45) is 2.63. The molecule has 1 N–H and O–H groups in total. The van der Waals surface area contributed by atoms with Crippen molar-refractivity contribution in [1.29, 1.82) is 0 Å². The van der Waals surface area contributed by atoms with Crippen molar-refractivity contribution in [3.63, 3.8) is 0 Å². The second-order valence-corrected chi connectivity index (χ2v) is 11.6. The first-order chi connectivity index (χ1) is 17.2. The van der Waals surface area contributed by atoms with Crippen molar-refractivity contribution in [2.75, 3.05) is 41.3 Å². The molecule has 0 saturated carbocycles. The first kappa shape index (κ1) is 26.2. The Morgan fingerprint density at radius 2 is 1.75 bits per heavy atom. The summed E-state index contributed by atoms with van der Waals surface area (Å²) in [5.74, 6) is -0.102. The Morgan fingerprint density at radius 1 is 1.06 bits per heavy atom. The number of hydrogen-bond acceptors (Lipinski definition) is 5. The fourth-order valence-electron chi connectivity index (χ4n) is 5.07. The fraction of sp³-hybridized carbons (Fsp3) is 0.481. The van der Waals surface area contributed by atoms with E-state index < -0.39 is 10.0 Å². The number of hydrogen-bond donors (Lipinski definition) is 1. The van der Waals surface area contributed by atoms with Gasteiger partial charge in [-0.15, -0.1) is 0 Å². The molecule has 0 radical (unpaired) electrons. The number of carbonyl (C=O) groups is 2. The molecule has 36 heavy (non-hydrogen) atoms. The predicted octanol–water partition coefficient (Wildman–Crippen LogP) is 4.18. The van der Waals surface area contributed by atoms with E-state index in [1.165, 1.54) is 14.8 Å². The van der Waals surface area contributed by atoms with Crippen LogP contribution in [0.5, 0.6) is 0 Å². The minimum atomic E-state index is -3.72. The van der Waals surface area contributed by atoms with Crippen molar-refractivity contribution in [3.8, 4) is 0 Å². The summed E-state index contributed by atoms with van der Waals surface area (Å²) >= 11 is 0. The molecule has 4 rings (SSSR count). The summed E-state index contributed by atoms with van der Waals surface area (Å²) in [6.45, 7) is 9.06. The molecule has 1 fully saturated rings. The van der Waals surface area contributed by atoms with Crippen molar-refractivity contribution in [3.05, 3.63) is 48.0 Å². The Balaban J connectivity index is 1.66. The van der Waals surface area contributed by atoms with Crippen molar-refractivity contribution < 1.29 is 18.0 Å². The Labute approximate surface area is 214 Å². The van der Waals surface area contributed by atoms with E-state index in [1.54, 1.807) is 32.0 Å². The van der Waals surface area contributed by atoms with E-state index in [-0.39, 0.29) is 29.3 Å². The van der Waals surface area contributed by atoms with E-state index >= 15 is 0 Å². The van der Waals surface area contributed by atoms with Crippen LogP contribution in [0.1, 0.15) is 58.4 Å². The molecule has 194 valence electrons. The molecule has 2 aliphatic heterocycles. The van der Waals surface area contributed by atoms with Crippen LogP contribution in [0.15, 0.2) is 47.4 Å². The maximum Gasteiger partial charge on any atom is 0.250 e. The molecule has 2 aromatic carbocycles. The highest BCUT2D eigenvalue weighted by molar-refractivity contribution is 7.89. The Kier molecular flexibility index (Phi) is 7.70. The molecule has 0 bridgehead atoms. The molecule has 1 unspecified atom stereocenters. The smallest absolute Gasteiger partial charge is 0.250 e. The number of fused-ring (bicyclic) bond motifs is 3. The maximum absolute atomic E-state index is 13.6. The minimum Gasteiger partial charge on any atom is -0.358 e. The van der Waals surface area contributed by atoms with E-state index in [4.69, 9.17) is 0 Å². The molecule has 0 aromatic heterocycles. The molecule has 1 saturated heterocycles. The highest BCUT2D eigenvalue weighted by atomic mass is 32.2. The number of amides is 2. The molecule has 2 amide bonds. The van der Waals surface area contributed by atoms with Gasteiger partial charge in [-0.1, -0.05) is 39.8 Å². The van der Waals surface area contributed by atoms with Crippen molar-refractivity contribution >= 4 is 38.9 Å². The molecule has 2 heterocycles. The molecule has 0 aliphatic carbocycles. The average molecular weight is 513 g/mol. The van der Waals surface area contributed by atoms with Crippen LogP contribution in [-0.4, -0.2) is 56.8 Å². The number of piperidine rings is 1. The lowest BCUT2D eigenvalue weighted by molar-refractivity contribution is -0.123. The largest absolute Gasteiger partial charge is 0.358 e. The number of nitrogens with one attached hydrogen (secondary N) is 1. The zero-order chi connectivity index (χ0) is 26.0. The lowest BCUT2D eigenvalue weighted by Gasteiger charge is -2.45. The molecular weight excluding hydrogens is 476 g/mol. The Bertz CT molecular complexity index is 1220. The van der Waals surface area contributed by atoms with Crippen LogP contribution in [0.2, 0.25) is 0 Å². The maximum atomic E-state index is 13.6. The van der Waals surface area contributed by atoms with Gasteiger partial charge in [-0.3, -0.25) is 14.5 Å². The lowest BCUT2D eigenvalue weighted by atomic mass is 9.96. The van der Waals surface area contributed by atoms with Crippen LogP contribution in [0.25, 0.3) is 0 Å². The normalized spacial score (nSPS) is 17.8. The Hall–Kier alpha value is -2.91. The topological polar surface area (TPSA) is 90.0 Å². The van der Waals surface area contributed by atoms with Crippen molar-refractivity contribution in [2.45, 2.75) is 63.8 Å². The summed E-state index contributed by atoms with van der Waals surface area (Å²) in [5.41, 5.74) is 3.10. The van der Waals surface area contributed by atoms with Crippen molar-refractivity contribution in [2.24, 2.45) is 0 Å². The van der Waals surface area contributed by atoms with Gasteiger partial charge >= 0.3 is 0 Å². The number of anilines is 3. The third kappa shape index (κ3) is 4.99. The molecule has 2 aromatic rings. The van der Waals surface area contributed by atoms with Gasteiger partial charge in [0.25, 0.3) is 0 Å². The van der Waals surface area contributed by atoms with E-state index in [2.05, 4.69) is 24.1 Å². The number of sulfonamides is 1. The highest BCUT2D eigenvalue weighted by Crippen LogP contribution is 2.41. The van der Waals surface area contributed by atoms with E-state index in [0.29, 0.717) is 36.8 Å². The van der Waals surface area contributed by atoms with Crippen LogP contribution >= 0.6 is 0 Å². The zero-order valence-corrected chi connectivity index (χ0v) is 22.3. The van der Waals surface area contributed by atoms with Crippen molar-refractivity contribution in [1.82, 2.24) is 4.31 Å². The molecule has 1 atom stereocenters. The third-order valence-electron chi connectivity index (χ3n) is 7.11. The van der Waals surface area contributed by atoms with Gasteiger partial charge in [-0.05, 0) is 61.1 Å². The second-order valence-electron chi connectivity index (χ2n) is 9.69. The van der Waals surface area contributed by atoms with Crippen LogP contribution in [-0.2, 0) is 19.6 Å². The summed E-state index contributed by atoms with van der Waals surface area (Å²) in [6, 6.07) is 12.3. The van der Waals surface area contributed by atoms with Gasteiger partial charge in [0.2, 0.25) is 21.8 Å². The number of carbonyl (C=O) groups excluding carboxylic acids is 2. The van der Waals surface area contributed by atoms with Gasteiger partial charge in [0, 0.05) is 25.3 Å². The summed E-state index contributed by atoms with van der Waals surface area (Å²) in [4.78, 5) is 30.3. The second kappa shape index (κ2) is 10.6. The lowest BCUT2D eigenvalue weighted by Crippen LogP contribution is -2.56. The fourth-order valence-corrected chi connectivity index (χ4v) is 6.55. The van der Waals surface area contributed by atoms with E-state index in [0.717, 1.165) is 25.1 Å². The SMILES string of the molecule is CCN(CC)S(=O)(=O)c1ccc2c(c1)N(CC(=O)Nc1ccc(C(C)C)cc1)C(=O)C1CCCCN21. The van der Waals surface area contributed by atoms with Crippen LogP contribution in [0.4, 0.5) is 17.1 Å². The van der Waals surface area contributed by atoms with Crippen LogP contribution < -0.4 is 15.1 Å². The summed E-state index contributed by atoms with van der Waals surface area (Å²) < 4.78 is 27.8. The number of nitrogens with zero attached hydrogens (tertiary/aromatic N) is 3. The van der Waals surface area contributed by atoms with Gasteiger partial charge in [-0.2, -0.15) is 4.31 Å². The summed E-state index contributed by atoms with van der Waals surface area (Å²) in [7, 11) is -3.72. The van der Waals surface area contributed by atoms with E-state index in [9.17, 15) is 18.0 Å². The molecular formula is C27H36N4O4S. The van der Waals surface area contributed by atoms with Crippen LogP contribution in [0, 0.1) is 0 Å². The monoisotopic (exact) mass is 512 g/mol. The van der Waals surface area contributed by atoms with Gasteiger partial charge < -0.3 is 10.2 Å². The molecule has 9 heteroatoms. The Morgan fingerprint density at radius 3 is 2.39 bits per heavy atom. The molecule has 8 nitrogen and oxygen atoms in total.